The van der Waals surface area contributed by atoms with Gasteiger partial charge in [0.2, 0.25) is 0 Å². The number of likely N-dealkylation sites (tertiary alicyclic amines) is 1. The average molecular weight is 467 g/mol. The van der Waals surface area contributed by atoms with Crippen molar-refractivity contribution in [2.75, 3.05) is 13.2 Å². The number of rotatable bonds is 4. The van der Waals surface area contributed by atoms with E-state index in [4.69, 9.17) is 15.2 Å². The summed E-state index contributed by atoms with van der Waals surface area (Å²) in [4.78, 5) is 38.7. The highest BCUT2D eigenvalue weighted by atomic mass is 16.6. The van der Waals surface area contributed by atoms with Crippen molar-refractivity contribution in [1.82, 2.24) is 4.90 Å². The summed E-state index contributed by atoms with van der Waals surface area (Å²) in [6.07, 6.45) is -1.85. The van der Waals surface area contributed by atoms with Crippen molar-refractivity contribution in [3.05, 3.63) is 59.7 Å². The monoisotopic (exact) mass is 466 g/mol. The average Bonchev–Trinajstić information content (AvgIpc) is 3.10. The zero-order valence-corrected chi connectivity index (χ0v) is 19.6. The molecule has 1 aliphatic heterocycles. The number of carbonyl (C=O) groups excluding carboxylic acids is 2. The smallest absolute Gasteiger partial charge is 0.411 e. The number of piperidine rings is 1. The molecule has 1 heterocycles. The summed E-state index contributed by atoms with van der Waals surface area (Å²) in [5.41, 5.74) is 9.74. The van der Waals surface area contributed by atoms with Gasteiger partial charge in [-0.15, -0.1) is 0 Å². The molecule has 8 nitrogen and oxygen atoms in total. The Hall–Kier alpha value is -3.39. The number of esters is 1. The quantitative estimate of drug-likeness (QED) is 0.661. The fourth-order valence-electron chi connectivity index (χ4n) is 4.77. The number of nitrogens with zero attached hydrogens (tertiary/aromatic N) is 1. The molecule has 0 bridgehead atoms. The summed E-state index contributed by atoms with van der Waals surface area (Å²) in [5.74, 6) is -3.78. The Balaban J connectivity index is 1.51. The van der Waals surface area contributed by atoms with Crippen LogP contribution in [0.15, 0.2) is 48.5 Å². The number of ether oxygens (including phenoxy) is 2. The molecule has 0 aromatic heterocycles. The third kappa shape index (κ3) is 4.63. The standard InChI is InChI=1S/C26H30N2O6/c1-26(2,3)34-24(31)15-12-20(23(29)30)22(27)28(13-15)25(32)33-14-21-18-10-6-4-8-16(18)17-9-5-7-11-19(17)21/h4-11,15,20-22H,12-14,27H2,1-3H3,(H,29,30)/t15-,20+,22?/m1/s1. The number of carbonyl (C=O) groups is 3. The van der Waals surface area contributed by atoms with E-state index in [-0.39, 0.29) is 25.5 Å². The Labute approximate surface area is 198 Å². The minimum atomic E-state index is -1.17. The molecule has 1 unspecified atom stereocenters. The van der Waals surface area contributed by atoms with Gasteiger partial charge in [-0.25, -0.2) is 4.79 Å². The van der Waals surface area contributed by atoms with Crippen LogP contribution >= 0.6 is 0 Å². The number of carboxylic acid groups (broad SMARTS) is 1. The van der Waals surface area contributed by atoms with Crippen molar-refractivity contribution >= 4 is 18.0 Å². The maximum atomic E-state index is 13.1. The number of carboxylic acids is 1. The fraction of sp³-hybridized carbons (Fsp3) is 0.423. The molecule has 0 saturated carbocycles. The highest BCUT2D eigenvalue weighted by molar-refractivity contribution is 5.80. The van der Waals surface area contributed by atoms with E-state index >= 15 is 0 Å². The molecule has 1 fully saturated rings. The zero-order chi connectivity index (χ0) is 24.6. The molecule has 34 heavy (non-hydrogen) atoms. The van der Waals surface area contributed by atoms with E-state index in [1.54, 1.807) is 20.8 Å². The van der Waals surface area contributed by atoms with E-state index in [1.165, 1.54) is 0 Å². The van der Waals surface area contributed by atoms with Gasteiger partial charge in [0, 0.05) is 12.5 Å². The number of aliphatic carboxylic acids is 1. The largest absolute Gasteiger partial charge is 0.481 e. The number of fused-ring (bicyclic) bond motifs is 3. The van der Waals surface area contributed by atoms with Crippen molar-refractivity contribution in [3.8, 4) is 11.1 Å². The van der Waals surface area contributed by atoms with Gasteiger partial charge in [-0.05, 0) is 49.4 Å². The van der Waals surface area contributed by atoms with Gasteiger partial charge in [-0.3, -0.25) is 14.5 Å². The van der Waals surface area contributed by atoms with E-state index in [2.05, 4.69) is 0 Å². The molecule has 4 rings (SSSR count). The molecular weight excluding hydrogens is 436 g/mol. The van der Waals surface area contributed by atoms with Crippen LogP contribution in [0.1, 0.15) is 44.2 Å². The van der Waals surface area contributed by atoms with Crippen molar-refractivity contribution < 1.29 is 29.0 Å². The molecular formula is C26H30N2O6. The Morgan fingerprint density at radius 1 is 1.03 bits per heavy atom. The summed E-state index contributed by atoms with van der Waals surface area (Å²) in [6.45, 7) is 5.22. The minimum absolute atomic E-state index is 0.00142. The van der Waals surface area contributed by atoms with E-state index in [9.17, 15) is 19.5 Å². The summed E-state index contributed by atoms with van der Waals surface area (Å²) in [6, 6.07) is 15.9. The first kappa shape index (κ1) is 23.8. The Morgan fingerprint density at radius 2 is 1.59 bits per heavy atom. The van der Waals surface area contributed by atoms with E-state index in [0.717, 1.165) is 27.2 Å². The Morgan fingerprint density at radius 3 is 2.12 bits per heavy atom. The minimum Gasteiger partial charge on any atom is -0.481 e. The van der Waals surface area contributed by atoms with Gasteiger partial charge in [0.25, 0.3) is 0 Å². The van der Waals surface area contributed by atoms with E-state index in [0.29, 0.717) is 0 Å². The Kier molecular flexibility index (Phi) is 6.36. The molecule has 2 aromatic rings. The van der Waals surface area contributed by atoms with Crippen molar-refractivity contribution in [2.45, 2.75) is 44.9 Å². The second-order valence-electron chi connectivity index (χ2n) is 9.86. The van der Waals surface area contributed by atoms with Crippen molar-refractivity contribution in [1.29, 1.82) is 0 Å². The molecule has 1 amide bonds. The van der Waals surface area contributed by atoms with Gasteiger partial charge < -0.3 is 20.3 Å². The van der Waals surface area contributed by atoms with E-state index < -0.39 is 41.6 Å². The second-order valence-corrected chi connectivity index (χ2v) is 9.86. The van der Waals surface area contributed by atoms with Crippen LogP contribution < -0.4 is 5.73 Å². The number of hydrogen-bond acceptors (Lipinski definition) is 6. The van der Waals surface area contributed by atoms with Crippen LogP contribution in [-0.2, 0) is 19.1 Å². The van der Waals surface area contributed by atoms with Crippen LogP contribution in [0.3, 0.4) is 0 Å². The number of hydrogen-bond donors (Lipinski definition) is 2. The predicted octanol–water partition coefficient (Wildman–Crippen LogP) is 3.58. The first-order chi connectivity index (χ1) is 16.1. The van der Waals surface area contributed by atoms with Gasteiger partial charge in [0.15, 0.2) is 0 Å². The van der Waals surface area contributed by atoms with E-state index in [1.807, 2.05) is 48.5 Å². The molecule has 3 atom stereocenters. The van der Waals surface area contributed by atoms with Crippen LogP contribution in [0, 0.1) is 11.8 Å². The first-order valence-electron chi connectivity index (χ1n) is 11.4. The first-order valence-corrected chi connectivity index (χ1v) is 11.4. The van der Waals surface area contributed by atoms with Gasteiger partial charge in [-0.2, -0.15) is 0 Å². The summed E-state index contributed by atoms with van der Waals surface area (Å²) >= 11 is 0. The lowest BCUT2D eigenvalue weighted by Gasteiger charge is -2.40. The third-order valence-corrected chi connectivity index (χ3v) is 6.36. The molecule has 3 N–H and O–H groups in total. The summed E-state index contributed by atoms with van der Waals surface area (Å²) < 4.78 is 11.1. The summed E-state index contributed by atoms with van der Waals surface area (Å²) in [7, 11) is 0. The fourth-order valence-corrected chi connectivity index (χ4v) is 4.77. The van der Waals surface area contributed by atoms with Gasteiger partial charge in [-0.1, -0.05) is 48.5 Å². The molecule has 2 aromatic carbocycles. The van der Waals surface area contributed by atoms with Gasteiger partial charge in [0.1, 0.15) is 12.2 Å². The van der Waals surface area contributed by atoms with Gasteiger partial charge in [0.05, 0.1) is 18.0 Å². The topological polar surface area (TPSA) is 119 Å². The molecule has 1 aliphatic carbocycles. The molecule has 0 spiro atoms. The lowest BCUT2D eigenvalue weighted by molar-refractivity contribution is -0.164. The molecule has 180 valence electrons. The summed E-state index contributed by atoms with van der Waals surface area (Å²) in [5, 5.41) is 9.65. The van der Waals surface area contributed by atoms with Crippen LogP contribution in [0.5, 0.6) is 0 Å². The third-order valence-electron chi connectivity index (χ3n) is 6.36. The number of amides is 1. The predicted molar refractivity (Wildman–Crippen MR) is 125 cm³/mol. The SMILES string of the molecule is CC(C)(C)OC(=O)[C@@H]1C[C@H](C(=O)O)C(N)N(C(=O)OCC2c3ccccc3-c3ccccc32)C1. The van der Waals surface area contributed by atoms with Crippen LogP contribution in [0.2, 0.25) is 0 Å². The van der Waals surface area contributed by atoms with Gasteiger partial charge >= 0.3 is 18.0 Å². The normalized spacial score (nSPS) is 22.0. The maximum absolute atomic E-state index is 13.1. The lowest BCUT2D eigenvalue weighted by Crippen LogP contribution is -2.59. The van der Waals surface area contributed by atoms with Crippen LogP contribution in [0.25, 0.3) is 11.1 Å². The highest BCUT2D eigenvalue weighted by Crippen LogP contribution is 2.44. The zero-order valence-electron chi connectivity index (χ0n) is 19.6. The Bertz CT molecular complexity index is 1060. The second kappa shape index (κ2) is 9.10. The molecule has 0 radical (unpaired) electrons. The lowest BCUT2D eigenvalue weighted by atomic mass is 9.87. The van der Waals surface area contributed by atoms with Crippen molar-refractivity contribution in [2.24, 2.45) is 17.6 Å². The highest BCUT2D eigenvalue weighted by Gasteiger charge is 2.44. The van der Waals surface area contributed by atoms with Crippen LogP contribution in [-0.4, -0.2) is 53.0 Å². The molecule has 8 heteroatoms. The van der Waals surface area contributed by atoms with Crippen LogP contribution in [0.4, 0.5) is 4.79 Å². The molecule has 2 aliphatic rings. The van der Waals surface area contributed by atoms with Crippen molar-refractivity contribution in [3.63, 3.8) is 0 Å². The molecule has 1 saturated heterocycles. The maximum Gasteiger partial charge on any atom is 0.411 e. The number of nitrogens with two attached hydrogens (primary N) is 1. The number of benzene rings is 2.